The maximum Gasteiger partial charge on any atom is 0.326 e. The second-order valence-electron chi connectivity index (χ2n) is 15.4. The van der Waals surface area contributed by atoms with E-state index in [1.165, 1.54) is 6.92 Å². The van der Waals surface area contributed by atoms with Crippen LogP contribution in [0.25, 0.3) is 0 Å². The molecule has 16 nitrogen and oxygen atoms in total. The Hall–Kier alpha value is -5.02. The highest BCUT2D eigenvalue weighted by molar-refractivity contribution is 5.97. The number of carbonyl (C=O) groups excluding carboxylic acids is 6. The largest absolute Gasteiger partial charge is 0.481 e. The Morgan fingerprint density at radius 1 is 0.571 bits per heavy atom. The Morgan fingerprint density at radius 2 is 1.09 bits per heavy atom. The second-order valence-corrected chi connectivity index (χ2v) is 15.4. The Morgan fingerprint density at radius 3 is 1.62 bits per heavy atom. The third-order valence-corrected chi connectivity index (χ3v) is 8.88. The van der Waals surface area contributed by atoms with Crippen LogP contribution in [0.2, 0.25) is 0 Å². The van der Waals surface area contributed by atoms with Gasteiger partial charge < -0.3 is 42.1 Å². The fourth-order valence-electron chi connectivity index (χ4n) is 5.79. The maximum atomic E-state index is 13.9. The first-order valence-electron chi connectivity index (χ1n) is 19.5. The van der Waals surface area contributed by atoms with Crippen molar-refractivity contribution in [3.8, 4) is 0 Å². The van der Waals surface area contributed by atoms with Gasteiger partial charge in [-0.1, -0.05) is 91.6 Å². The Kier molecular flexibility index (Phi) is 22.0. The van der Waals surface area contributed by atoms with Crippen LogP contribution in [0.1, 0.15) is 112 Å². The normalized spacial score (nSPS) is 14.4. The molecule has 0 saturated carbocycles. The number of carboxylic acid groups (broad SMARTS) is 2. The van der Waals surface area contributed by atoms with Crippen LogP contribution in [-0.4, -0.2) is 93.8 Å². The molecule has 1 aromatic rings. The molecule has 0 aliphatic rings. The molecule has 0 radical (unpaired) electrons. The number of hydrogen-bond donors (Lipinski definition) is 8. The smallest absolute Gasteiger partial charge is 0.326 e. The van der Waals surface area contributed by atoms with E-state index in [2.05, 4.69) is 31.9 Å². The molecule has 6 amide bonds. The molecule has 0 fully saturated rings. The summed E-state index contributed by atoms with van der Waals surface area (Å²) < 4.78 is 0. The van der Waals surface area contributed by atoms with Crippen LogP contribution in [0.5, 0.6) is 0 Å². The first-order valence-corrected chi connectivity index (χ1v) is 19.5. The molecule has 0 aromatic heterocycles. The van der Waals surface area contributed by atoms with Gasteiger partial charge in [0.05, 0.1) is 0 Å². The monoisotopic (exact) mass is 788 g/mol. The number of amides is 6. The Balaban J connectivity index is 3.31. The van der Waals surface area contributed by atoms with Crippen LogP contribution in [-0.2, 0) is 44.8 Å². The average molecular weight is 789 g/mol. The third-order valence-electron chi connectivity index (χ3n) is 8.88. The van der Waals surface area contributed by atoms with E-state index in [0.29, 0.717) is 12.0 Å². The van der Waals surface area contributed by atoms with Crippen molar-refractivity contribution in [1.82, 2.24) is 31.9 Å². The molecule has 0 saturated heterocycles. The van der Waals surface area contributed by atoms with E-state index in [4.69, 9.17) is 0 Å². The molecule has 16 heteroatoms. The van der Waals surface area contributed by atoms with Gasteiger partial charge in [0.2, 0.25) is 35.4 Å². The van der Waals surface area contributed by atoms with E-state index in [9.17, 15) is 48.6 Å². The van der Waals surface area contributed by atoms with E-state index in [1.807, 2.05) is 6.92 Å². The number of aliphatic carboxylic acids is 2. The maximum absolute atomic E-state index is 13.9. The van der Waals surface area contributed by atoms with Gasteiger partial charge in [-0.25, -0.2) is 4.79 Å². The number of carboxylic acids is 2. The van der Waals surface area contributed by atoms with Crippen molar-refractivity contribution < 1.29 is 48.6 Å². The van der Waals surface area contributed by atoms with Gasteiger partial charge in [-0.2, -0.15) is 0 Å². The van der Waals surface area contributed by atoms with Crippen LogP contribution >= 0.6 is 0 Å². The standard InChI is InChI=1S/C40H64N6O10/c1-9-10-12-17-32(47)46-34(25(6)7)39(54)44-30(22-27-15-13-11-14-16-27)38(53)42-28(18-19-33(48)49)36(51)43-29(20-23(2)3)37(52)41-26(8)35(50)45-31(40(55)56)21-24(4)5/h11,13-16,23-26,28-31,34H,9-10,12,17-22H2,1-8H3,(H,41,52)(H,42,53)(H,43,51)(H,44,54)(H,45,50)(H,46,47)(H,48,49)(H,55,56)/t26-,28-,29-,30-,31-,34-/m0/s1. The molecule has 56 heavy (non-hydrogen) atoms. The summed E-state index contributed by atoms with van der Waals surface area (Å²) in [5, 5.41) is 34.6. The zero-order valence-corrected chi connectivity index (χ0v) is 34.1. The first kappa shape index (κ1) is 49.0. The van der Waals surface area contributed by atoms with E-state index in [-0.39, 0.29) is 55.8 Å². The van der Waals surface area contributed by atoms with Crippen LogP contribution in [0, 0.1) is 17.8 Å². The number of benzene rings is 1. The summed E-state index contributed by atoms with van der Waals surface area (Å²) >= 11 is 0. The zero-order valence-electron chi connectivity index (χ0n) is 34.1. The molecule has 1 rings (SSSR count). The van der Waals surface area contributed by atoms with Crippen molar-refractivity contribution >= 4 is 47.4 Å². The van der Waals surface area contributed by atoms with Crippen molar-refractivity contribution in [3.63, 3.8) is 0 Å². The first-order chi connectivity index (χ1) is 26.2. The highest BCUT2D eigenvalue weighted by atomic mass is 16.4. The zero-order chi connectivity index (χ0) is 42.5. The lowest BCUT2D eigenvalue weighted by Gasteiger charge is -2.28. The average Bonchev–Trinajstić information content (AvgIpc) is 3.10. The Labute approximate surface area is 330 Å². The van der Waals surface area contributed by atoms with E-state index >= 15 is 0 Å². The molecular weight excluding hydrogens is 724 g/mol. The SMILES string of the molecule is CCCCCC(=O)N[C@H](C(=O)N[C@@H](Cc1ccccc1)C(=O)N[C@@H](CCC(=O)O)C(=O)N[C@@H](CC(C)C)C(=O)N[C@@H](C)C(=O)N[C@@H](CC(C)C)C(=O)O)C(C)C. The molecule has 314 valence electrons. The summed E-state index contributed by atoms with van der Waals surface area (Å²) in [6, 6.07) is 1.54. The minimum absolute atomic E-state index is 0.000812. The number of unbranched alkanes of at least 4 members (excludes halogenated alkanes) is 2. The molecule has 0 heterocycles. The Bertz CT molecular complexity index is 1470. The van der Waals surface area contributed by atoms with Crippen molar-refractivity contribution in [2.75, 3.05) is 0 Å². The summed E-state index contributed by atoms with van der Waals surface area (Å²) in [6.45, 7) is 14.1. The minimum Gasteiger partial charge on any atom is -0.481 e. The molecular formula is C40H64N6O10. The van der Waals surface area contributed by atoms with Gasteiger partial charge in [-0.05, 0) is 55.9 Å². The molecule has 0 bridgehead atoms. The predicted octanol–water partition coefficient (Wildman–Crippen LogP) is 2.44. The molecule has 6 atom stereocenters. The van der Waals surface area contributed by atoms with Gasteiger partial charge in [0.15, 0.2) is 0 Å². The molecule has 8 N–H and O–H groups in total. The fourth-order valence-corrected chi connectivity index (χ4v) is 5.79. The van der Waals surface area contributed by atoms with Gasteiger partial charge in [0, 0.05) is 19.3 Å². The highest BCUT2D eigenvalue weighted by Gasteiger charge is 2.34. The van der Waals surface area contributed by atoms with Crippen LogP contribution < -0.4 is 31.9 Å². The quantitative estimate of drug-likeness (QED) is 0.0637. The topological polar surface area (TPSA) is 249 Å². The number of hydrogen-bond acceptors (Lipinski definition) is 8. The van der Waals surface area contributed by atoms with Gasteiger partial charge in [0.1, 0.15) is 36.3 Å². The number of carbonyl (C=O) groups is 8. The lowest BCUT2D eigenvalue weighted by atomic mass is 9.99. The van der Waals surface area contributed by atoms with Gasteiger partial charge in [-0.3, -0.25) is 33.6 Å². The van der Waals surface area contributed by atoms with Crippen molar-refractivity contribution in [3.05, 3.63) is 35.9 Å². The number of nitrogens with one attached hydrogen (secondary N) is 6. The number of rotatable bonds is 26. The third kappa shape index (κ3) is 19.0. The summed E-state index contributed by atoms with van der Waals surface area (Å²) in [5.41, 5.74) is 0.676. The highest BCUT2D eigenvalue weighted by Crippen LogP contribution is 2.12. The fraction of sp³-hybridized carbons (Fsp3) is 0.650. The van der Waals surface area contributed by atoms with E-state index in [1.54, 1.807) is 71.9 Å². The van der Waals surface area contributed by atoms with Crippen molar-refractivity contribution in [2.24, 2.45) is 17.8 Å². The van der Waals surface area contributed by atoms with Crippen molar-refractivity contribution in [2.45, 2.75) is 149 Å². The van der Waals surface area contributed by atoms with Crippen LogP contribution in [0.3, 0.4) is 0 Å². The summed E-state index contributed by atoms with van der Waals surface area (Å²) in [5.74, 6) is -7.05. The predicted molar refractivity (Wildman–Crippen MR) is 210 cm³/mol. The van der Waals surface area contributed by atoms with Crippen LogP contribution in [0.15, 0.2) is 30.3 Å². The van der Waals surface area contributed by atoms with Gasteiger partial charge in [-0.15, -0.1) is 0 Å². The summed E-state index contributed by atoms with van der Waals surface area (Å²) in [7, 11) is 0. The lowest BCUT2D eigenvalue weighted by Crippen LogP contribution is -2.60. The van der Waals surface area contributed by atoms with E-state index in [0.717, 1.165) is 12.8 Å². The molecule has 0 aliphatic carbocycles. The van der Waals surface area contributed by atoms with Gasteiger partial charge >= 0.3 is 11.9 Å². The summed E-state index contributed by atoms with van der Waals surface area (Å²) in [4.78, 5) is 104. The second kappa shape index (κ2) is 25.2. The molecule has 1 aromatic carbocycles. The minimum atomic E-state index is -1.46. The van der Waals surface area contributed by atoms with Crippen LogP contribution in [0.4, 0.5) is 0 Å². The summed E-state index contributed by atoms with van der Waals surface area (Å²) in [6.07, 6.45) is 2.06. The van der Waals surface area contributed by atoms with Gasteiger partial charge in [0.25, 0.3) is 0 Å². The lowest BCUT2D eigenvalue weighted by molar-refractivity contribution is -0.143. The van der Waals surface area contributed by atoms with Crippen molar-refractivity contribution in [1.29, 1.82) is 0 Å². The molecule has 0 aliphatic heterocycles. The molecule has 0 unspecified atom stereocenters. The van der Waals surface area contributed by atoms with E-state index < -0.39 is 84.1 Å². The molecule has 0 spiro atoms.